The SMILES string of the molecule is CC1(C)CC(=NO)CCO1. The lowest BCUT2D eigenvalue weighted by atomic mass is 9.97. The standard InChI is InChI=1S/C7H13NO2/c1-7(2)5-6(8-9)3-4-10-7/h9H,3-5H2,1-2H3. The molecule has 0 atom stereocenters. The van der Waals surface area contributed by atoms with Crippen molar-refractivity contribution < 1.29 is 9.94 Å². The van der Waals surface area contributed by atoms with E-state index in [4.69, 9.17) is 9.94 Å². The molecule has 3 nitrogen and oxygen atoms in total. The van der Waals surface area contributed by atoms with Crippen LogP contribution in [0.15, 0.2) is 5.16 Å². The maximum Gasteiger partial charge on any atom is 0.0679 e. The average molecular weight is 143 g/mol. The average Bonchev–Trinajstić information content (AvgIpc) is 1.86. The van der Waals surface area contributed by atoms with Gasteiger partial charge in [0.2, 0.25) is 0 Å². The van der Waals surface area contributed by atoms with E-state index in [0.29, 0.717) is 6.61 Å². The fourth-order valence-electron chi connectivity index (χ4n) is 1.16. The normalized spacial score (nSPS) is 28.8. The highest BCUT2D eigenvalue weighted by molar-refractivity contribution is 5.85. The van der Waals surface area contributed by atoms with Crippen molar-refractivity contribution in [1.29, 1.82) is 0 Å². The molecule has 1 aliphatic rings. The molecule has 10 heavy (non-hydrogen) atoms. The fraction of sp³-hybridized carbons (Fsp3) is 0.857. The van der Waals surface area contributed by atoms with Gasteiger partial charge in [0.25, 0.3) is 0 Å². The highest BCUT2D eigenvalue weighted by Crippen LogP contribution is 2.21. The van der Waals surface area contributed by atoms with Crippen LogP contribution in [-0.2, 0) is 4.74 Å². The third kappa shape index (κ3) is 1.70. The van der Waals surface area contributed by atoms with E-state index in [1.807, 2.05) is 13.8 Å². The van der Waals surface area contributed by atoms with Crippen LogP contribution in [-0.4, -0.2) is 23.1 Å². The van der Waals surface area contributed by atoms with Gasteiger partial charge in [-0.25, -0.2) is 0 Å². The molecule has 0 bridgehead atoms. The molecule has 1 aliphatic heterocycles. The van der Waals surface area contributed by atoms with Crippen LogP contribution in [0.2, 0.25) is 0 Å². The summed E-state index contributed by atoms with van der Waals surface area (Å²) < 4.78 is 5.41. The van der Waals surface area contributed by atoms with Crippen LogP contribution >= 0.6 is 0 Å². The first-order valence-corrected chi connectivity index (χ1v) is 3.48. The molecule has 0 aromatic rings. The maximum absolute atomic E-state index is 8.46. The van der Waals surface area contributed by atoms with Gasteiger partial charge in [0.05, 0.1) is 17.9 Å². The molecular weight excluding hydrogens is 130 g/mol. The van der Waals surface area contributed by atoms with E-state index in [9.17, 15) is 0 Å². The second-order valence-electron chi connectivity index (χ2n) is 3.20. The van der Waals surface area contributed by atoms with Crippen LogP contribution in [0.25, 0.3) is 0 Å². The van der Waals surface area contributed by atoms with Crippen LogP contribution < -0.4 is 0 Å². The zero-order valence-corrected chi connectivity index (χ0v) is 6.42. The predicted octanol–water partition coefficient (Wildman–Crippen LogP) is 1.41. The lowest BCUT2D eigenvalue weighted by molar-refractivity contribution is -0.0209. The van der Waals surface area contributed by atoms with Gasteiger partial charge in [-0.1, -0.05) is 5.16 Å². The summed E-state index contributed by atoms with van der Waals surface area (Å²) in [5.74, 6) is 0. The Bertz CT molecular complexity index is 152. The molecule has 0 aromatic heterocycles. The molecule has 0 saturated carbocycles. The molecule has 0 spiro atoms. The van der Waals surface area contributed by atoms with Crippen LogP contribution in [0.1, 0.15) is 26.7 Å². The summed E-state index contributed by atoms with van der Waals surface area (Å²) in [5, 5.41) is 11.6. The number of hydrogen-bond donors (Lipinski definition) is 1. The second-order valence-corrected chi connectivity index (χ2v) is 3.20. The third-order valence-electron chi connectivity index (χ3n) is 1.65. The van der Waals surface area contributed by atoms with Gasteiger partial charge in [0.15, 0.2) is 0 Å². The first kappa shape index (κ1) is 7.54. The van der Waals surface area contributed by atoms with Crippen molar-refractivity contribution in [3.05, 3.63) is 0 Å². The van der Waals surface area contributed by atoms with E-state index in [1.165, 1.54) is 0 Å². The van der Waals surface area contributed by atoms with Gasteiger partial charge < -0.3 is 9.94 Å². The number of ether oxygens (including phenoxy) is 1. The van der Waals surface area contributed by atoms with Crippen LogP contribution in [0.5, 0.6) is 0 Å². The number of rotatable bonds is 0. The van der Waals surface area contributed by atoms with Gasteiger partial charge in [0, 0.05) is 12.8 Å². The van der Waals surface area contributed by atoms with Gasteiger partial charge >= 0.3 is 0 Å². The number of hydrogen-bond acceptors (Lipinski definition) is 3. The zero-order valence-electron chi connectivity index (χ0n) is 6.42. The van der Waals surface area contributed by atoms with Gasteiger partial charge in [-0.05, 0) is 13.8 Å². The minimum Gasteiger partial charge on any atom is -0.411 e. The third-order valence-corrected chi connectivity index (χ3v) is 1.65. The molecule has 1 rings (SSSR count). The van der Waals surface area contributed by atoms with Crippen LogP contribution in [0.4, 0.5) is 0 Å². The summed E-state index contributed by atoms with van der Waals surface area (Å²) in [6.07, 6.45) is 1.50. The molecule has 3 heteroatoms. The maximum atomic E-state index is 8.46. The Balaban J connectivity index is 2.56. The van der Waals surface area contributed by atoms with E-state index < -0.39 is 0 Å². The molecule has 1 N–H and O–H groups in total. The molecule has 0 aliphatic carbocycles. The number of nitrogens with zero attached hydrogens (tertiary/aromatic N) is 1. The summed E-state index contributed by atoms with van der Waals surface area (Å²) in [4.78, 5) is 0. The molecule has 0 aromatic carbocycles. The summed E-state index contributed by atoms with van der Waals surface area (Å²) >= 11 is 0. The minimum atomic E-state index is -0.139. The molecule has 1 saturated heterocycles. The van der Waals surface area contributed by atoms with Gasteiger partial charge in [-0.2, -0.15) is 0 Å². The van der Waals surface area contributed by atoms with Gasteiger partial charge in [-0.15, -0.1) is 0 Å². The Morgan fingerprint density at radius 1 is 1.60 bits per heavy atom. The first-order chi connectivity index (χ1) is 4.64. The lowest BCUT2D eigenvalue weighted by Crippen LogP contribution is -2.34. The molecule has 58 valence electrons. The van der Waals surface area contributed by atoms with E-state index >= 15 is 0 Å². The lowest BCUT2D eigenvalue weighted by Gasteiger charge is -2.29. The topological polar surface area (TPSA) is 41.8 Å². The largest absolute Gasteiger partial charge is 0.411 e. The highest BCUT2D eigenvalue weighted by Gasteiger charge is 2.25. The monoisotopic (exact) mass is 143 g/mol. The smallest absolute Gasteiger partial charge is 0.0679 e. The molecule has 0 radical (unpaired) electrons. The summed E-state index contributed by atoms with van der Waals surface area (Å²) in [5.41, 5.74) is 0.705. The Hall–Kier alpha value is -0.570. The second kappa shape index (κ2) is 2.58. The Kier molecular flexibility index (Phi) is 1.94. The Labute approximate surface area is 60.7 Å². The zero-order chi connectivity index (χ0) is 7.61. The van der Waals surface area contributed by atoms with Crippen molar-refractivity contribution in [2.45, 2.75) is 32.3 Å². The van der Waals surface area contributed by atoms with Gasteiger partial charge in [-0.3, -0.25) is 0 Å². The van der Waals surface area contributed by atoms with E-state index in [0.717, 1.165) is 18.6 Å². The minimum absolute atomic E-state index is 0.139. The van der Waals surface area contributed by atoms with Gasteiger partial charge in [0.1, 0.15) is 0 Å². The molecule has 1 fully saturated rings. The van der Waals surface area contributed by atoms with Crippen LogP contribution in [0, 0.1) is 0 Å². The first-order valence-electron chi connectivity index (χ1n) is 3.48. The van der Waals surface area contributed by atoms with E-state index in [2.05, 4.69) is 5.16 Å². The Morgan fingerprint density at radius 2 is 2.30 bits per heavy atom. The quantitative estimate of drug-likeness (QED) is 0.411. The van der Waals surface area contributed by atoms with Crippen molar-refractivity contribution in [3.8, 4) is 0 Å². The van der Waals surface area contributed by atoms with Crippen molar-refractivity contribution in [2.24, 2.45) is 5.16 Å². The fourth-order valence-corrected chi connectivity index (χ4v) is 1.16. The van der Waals surface area contributed by atoms with Crippen LogP contribution in [0.3, 0.4) is 0 Å². The molecule has 0 amide bonds. The van der Waals surface area contributed by atoms with E-state index in [-0.39, 0.29) is 5.60 Å². The highest BCUT2D eigenvalue weighted by atomic mass is 16.5. The van der Waals surface area contributed by atoms with Crippen molar-refractivity contribution in [1.82, 2.24) is 0 Å². The predicted molar refractivity (Wildman–Crippen MR) is 38.5 cm³/mol. The van der Waals surface area contributed by atoms with E-state index in [1.54, 1.807) is 0 Å². The summed E-state index contributed by atoms with van der Waals surface area (Å²) in [7, 11) is 0. The molecular formula is C7H13NO2. The summed E-state index contributed by atoms with van der Waals surface area (Å²) in [6, 6.07) is 0. The number of oxime groups is 1. The summed E-state index contributed by atoms with van der Waals surface area (Å²) in [6.45, 7) is 4.67. The molecule has 0 unspecified atom stereocenters. The van der Waals surface area contributed by atoms with Crippen molar-refractivity contribution in [2.75, 3.05) is 6.61 Å². The van der Waals surface area contributed by atoms with Crippen molar-refractivity contribution in [3.63, 3.8) is 0 Å². The van der Waals surface area contributed by atoms with Crippen molar-refractivity contribution >= 4 is 5.71 Å². The Morgan fingerprint density at radius 3 is 2.70 bits per heavy atom. The molecule has 1 heterocycles.